The summed E-state index contributed by atoms with van der Waals surface area (Å²) in [6.07, 6.45) is 0.854. The molecule has 2 rings (SSSR count). The van der Waals surface area contributed by atoms with Gasteiger partial charge in [-0.3, -0.25) is 0 Å². The fourth-order valence-corrected chi connectivity index (χ4v) is 1.46. The Labute approximate surface area is 93.1 Å². The van der Waals surface area contributed by atoms with Crippen LogP contribution in [-0.4, -0.2) is 9.97 Å². The second kappa shape index (κ2) is 4.02. The van der Waals surface area contributed by atoms with E-state index in [0.717, 1.165) is 10.8 Å². The van der Waals surface area contributed by atoms with Crippen LogP contribution in [0.1, 0.15) is 0 Å². The number of halogens is 3. The number of benzene rings is 1. The summed E-state index contributed by atoms with van der Waals surface area (Å²) < 4.78 is 27.3. The van der Waals surface area contributed by atoms with E-state index in [1.807, 2.05) is 0 Å². The highest BCUT2D eigenvalue weighted by Gasteiger charge is 2.12. The first-order valence-corrected chi connectivity index (χ1v) is 4.89. The Morgan fingerprint density at radius 1 is 0.933 bits per heavy atom. The van der Waals surface area contributed by atoms with Crippen molar-refractivity contribution < 1.29 is 8.78 Å². The van der Waals surface area contributed by atoms with E-state index in [1.165, 1.54) is 0 Å². The van der Waals surface area contributed by atoms with Crippen LogP contribution in [0.3, 0.4) is 0 Å². The Morgan fingerprint density at radius 2 is 1.47 bits per heavy atom. The molecule has 1 heterocycles. The summed E-state index contributed by atoms with van der Waals surface area (Å²) in [6.45, 7) is 0. The van der Waals surface area contributed by atoms with Crippen LogP contribution in [0.5, 0.6) is 0 Å². The van der Waals surface area contributed by atoms with Crippen molar-refractivity contribution >= 4 is 15.9 Å². The molecule has 1 aromatic carbocycles. The molecule has 0 amide bonds. The molecule has 0 aliphatic carbocycles. The fraction of sp³-hybridized carbons (Fsp3) is 0. The minimum absolute atomic E-state index is 0.204. The number of aromatic nitrogens is 2. The van der Waals surface area contributed by atoms with Crippen molar-refractivity contribution in [2.24, 2.45) is 0 Å². The fourth-order valence-electron chi connectivity index (χ4n) is 1.20. The lowest BCUT2D eigenvalue weighted by molar-refractivity contribution is 0.531. The first-order valence-electron chi connectivity index (χ1n) is 4.10. The van der Waals surface area contributed by atoms with Gasteiger partial charge in [0.2, 0.25) is 11.9 Å². The highest BCUT2D eigenvalue weighted by molar-refractivity contribution is 9.10. The summed E-state index contributed by atoms with van der Waals surface area (Å²) in [5, 5.41) is 0. The number of hydrogen-bond acceptors (Lipinski definition) is 2. The van der Waals surface area contributed by atoms with Gasteiger partial charge in [-0.15, -0.1) is 0 Å². The van der Waals surface area contributed by atoms with Crippen LogP contribution in [0.25, 0.3) is 11.1 Å². The molecule has 5 heteroatoms. The molecular formula is C10H5BrF2N2. The molecule has 15 heavy (non-hydrogen) atoms. The maximum atomic E-state index is 13.2. The summed E-state index contributed by atoms with van der Waals surface area (Å²) in [4.78, 5) is 6.62. The van der Waals surface area contributed by atoms with Crippen molar-refractivity contribution in [1.29, 1.82) is 0 Å². The maximum absolute atomic E-state index is 13.2. The predicted molar refractivity (Wildman–Crippen MR) is 55.1 cm³/mol. The quantitative estimate of drug-likeness (QED) is 0.744. The summed E-state index contributed by atoms with van der Waals surface area (Å²) in [6, 6.07) is 6.58. The van der Waals surface area contributed by atoms with Gasteiger partial charge in [0.1, 0.15) is 6.33 Å². The molecule has 2 nitrogen and oxygen atoms in total. The average Bonchev–Trinajstić information content (AvgIpc) is 2.20. The molecule has 0 atom stereocenters. The van der Waals surface area contributed by atoms with Crippen LogP contribution in [0.2, 0.25) is 0 Å². The van der Waals surface area contributed by atoms with Crippen molar-refractivity contribution in [3.63, 3.8) is 0 Å². The van der Waals surface area contributed by atoms with E-state index in [2.05, 4.69) is 25.9 Å². The molecule has 0 aliphatic rings. The third-order valence-electron chi connectivity index (χ3n) is 1.89. The van der Waals surface area contributed by atoms with Crippen LogP contribution in [-0.2, 0) is 0 Å². The number of hydrogen-bond donors (Lipinski definition) is 0. The Bertz CT molecular complexity index is 465. The van der Waals surface area contributed by atoms with Crippen LogP contribution < -0.4 is 0 Å². The van der Waals surface area contributed by atoms with Crippen molar-refractivity contribution in [2.75, 3.05) is 0 Å². The standard InChI is InChI=1S/C10H5BrF2N2/c11-7-3-1-6(2-4-7)8-9(12)14-5-15-10(8)13/h1-5H. The Hall–Kier alpha value is -1.36. The van der Waals surface area contributed by atoms with Crippen molar-refractivity contribution in [2.45, 2.75) is 0 Å². The third-order valence-corrected chi connectivity index (χ3v) is 2.42. The molecule has 0 radical (unpaired) electrons. The van der Waals surface area contributed by atoms with Gasteiger partial charge in [0.05, 0.1) is 5.56 Å². The average molecular weight is 271 g/mol. The highest BCUT2D eigenvalue weighted by atomic mass is 79.9. The first kappa shape index (κ1) is 10.2. The Kier molecular flexibility index (Phi) is 2.73. The molecule has 0 aliphatic heterocycles. The van der Waals surface area contributed by atoms with E-state index in [0.29, 0.717) is 5.56 Å². The zero-order chi connectivity index (χ0) is 10.8. The van der Waals surface area contributed by atoms with E-state index in [1.54, 1.807) is 24.3 Å². The minimum atomic E-state index is -0.857. The molecule has 76 valence electrons. The second-order valence-electron chi connectivity index (χ2n) is 2.84. The molecular weight excluding hydrogens is 266 g/mol. The molecule has 0 saturated heterocycles. The van der Waals surface area contributed by atoms with Gasteiger partial charge >= 0.3 is 0 Å². The molecule has 0 N–H and O–H groups in total. The van der Waals surface area contributed by atoms with Crippen molar-refractivity contribution in [3.8, 4) is 11.1 Å². The van der Waals surface area contributed by atoms with E-state index in [4.69, 9.17) is 0 Å². The molecule has 0 unspecified atom stereocenters. The zero-order valence-electron chi connectivity index (χ0n) is 7.42. The van der Waals surface area contributed by atoms with Crippen molar-refractivity contribution in [3.05, 3.63) is 47.0 Å². The van der Waals surface area contributed by atoms with Crippen LogP contribution in [0.15, 0.2) is 35.1 Å². The molecule has 0 spiro atoms. The van der Waals surface area contributed by atoms with E-state index >= 15 is 0 Å². The minimum Gasteiger partial charge on any atom is -0.207 e. The summed E-state index contributed by atoms with van der Waals surface area (Å²) in [5.41, 5.74) is 0.207. The van der Waals surface area contributed by atoms with Gasteiger partial charge in [-0.25, -0.2) is 9.97 Å². The molecule has 0 bridgehead atoms. The van der Waals surface area contributed by atoms with Gasteiger partial charge < -0.3 is 0 Å². The van der Waals surface area contributed by atoms with Crippen LogP contribution in [0.4, 0.5) is 8.78 Å². The van der Waals surface area contributed by atoms with Crippen LogP contribution in [0, 0.1) is 11.9 Å². The molecule has 0 saturated carbocycles. The lowest BCUT2D eigenvalue weighted by Crippen LogP contribution is -1.96. The van der Waals surface area contributed by atoms with Gasteiger partial charge in [0.25, 0.3) is 0 Å². The Balaban J connectivity index is 2.58. The predicted octanol–water partition coefficient (Wildman–Crippen LogP) is 3.18. The largest absolute Gasteiger partial charge is 0.226 e. The van der Waals surface area contributed by atoms with E-state index in [9.17, 15) is 8.78 Å². The van der Waals surface area contributed by atoms with Crippen molar-refractivity contribution in [1.82, 2.24) is 9.97 Å². The van der Waals surface area contributed by atoms with Gasteiger partial charge in [-0.05, 0) is 17.7 Å². The number of nitrogens with zero attached hydrogens (tertiary/aromatic N) is 2. The van der Waals surface area contributed by atoms with E-state index < -0.39 is 11.9 Å². The highest BCUT2D eigenvalue weighted by Crippen LogP contribution is 2.24. The lowest BCUT2D eigenvalue weighted by atomic mass is 10.1. The zero-order valence-corrected chi connectivity index (χ0v) is 9.00. The smallest absolute Gasteiger partial charge is 0.207 e. The van der Waals surface area contributed by atoms with Gasteiger partial charge in [0.15, 0.2) is 0 Å². The maximum Gasteiger partial charge on any atom is 0.226 e. The van der Waals surface area contributed by atoms with Gasteiger partial charge in [0, 0.05) is 4.47 Å². The topological polar surface area (TPSA) is 25.8 Å². The molecule has 1 aromatic heterocycles. The van der Waals surface area contributed by atoms with Gasteiger partial charge in [-0.2, -0.15) is 8.78 Å². The normalized spacial score (nSPS) is 10.3. The first-order chi connectivity index (χ1) is 7.18. The third kappa shape index (κ3) is 2.02. The van der Waals surface area contributed by atoms with E-state index in [-0.39, 0.29) is 5.56 Å². The second-order valence-corrected chi connectivity index (χ2v) is 3.75. The monoisotopic (exact) mass is 270 g/mol. The summed E-state index contributed by atoms with van der Waals surface area (Å²) in [5.74, 6) is -1.71. The number of rotatable bonds is 1. The summed E-state index contributed by atoms with van der Waals surface area (Å²) in [7, 11) is 0. The molecule has 2 aromatic rings. The Morgan fingerprint density at radius 3 is 2.00 bits per heavy atom. The van der Waals surface area contributed by atoms with Crippen LogP contribution >= 0.6 is 15.9 Å². The summed E-state index contributed by atoms with van der Waals surface area (Å²) >= 11 is 3.24. The van der Waals surface area contributed by atoms with Gasteiger partial charge in [-0.1, -0.05) is 28.1 Å². The lowest BCUT2D eigenvalue weighted by Gasteiger charge is -2.02. The molecule has 0 fully saturated rings. The SMILES string of the molecule is Fc1ncnc(F)c1-c1ccc(Br)cc1.